The number of halogens is 1. The molecule has 0 N–H and O–H groups in total. The van der Waals surface area contributed by atoms with Crippen molar-refractivity contribution in [2.45, 2.75) is 52.5 Å². The molecule has 1 aromatic carbocycles. The number of thiazole rings is 1. The van der Waals surface area contributed by atoms with E-state index in [4.69, 9.17) is 11.6 Å². The van der Waals surface area contributed by atoms with Gasteiger partial charge in [0.25, 0.3) is 5.91 Å². The Hall–Kier alpha value is -1.39. The molecule has 0 atom stereocenters. The first-order valence-electron chi connectivity index (χ1n) is 8.31. The largest absolute Gasteiger partial charge is 0.320 e. The van der Waals surface area contributed by atoms with Gasteiger partial charge in [0.05, 0.1) is 10.6 Å². The number of hydrogen-bond donors (Lipinski definition) is 0. The van der Waals surface area contributed by atoms with E-state index >= 15 is 0 Å². The van der Waals surface area contributed by atoms with Gasteiger partial charge in [-0.05, 0) is 43.2 Å². The Morgan fingerprint density at radius 2 is 2.00 bits per heavy atom. The second-order valence-corrected chi connectivity index (χ2v) is 8.88. The Morgan fingerprint density at radius 1 is 1.33 bits per heavy atom. The summed E-state index contributed by atoms with van der Waals surface area (Å²) >= 11 is 7.77. The standard InChI is InChI=1S/C19H23ClN2OS/c1-12-16(19(2,3)4)24-18(22(12)11-13-9-10-13)21-17(23)14-7-5-6-8-15(14)20/h5-8,13H,9-11H2,1-4H3. The fourth-order valence-electron chi connectivity index (χ4n) is 2.82. The Balaban J connectivity index is 2.08. The number of aromatic nitrogens is 1. The highest BCUT2D eigenvalue weighted by molar-refractivity contribution is 7.09. The van der Waals surface area contributed by atoms with Crippen LogP contribution in [0.25, 0.3) is 0 Å². The average Bonchev–Trinajstić information content (AvgIpc) is 3.26. The number of carbonyl (C=O) groups is 1. The Morgan fingerprint density at radius 3 is 2.58 bits per heavy atom. The lowest BCUT2D eigenvalue weighted by molar-refractivity contribution is 0.0998. The van der Waals surface area contributed by atoms with Crippen LogP contribution in [0.4, 0.5) is 0 Å². The topological polar surface area (TPSA) is 34.4 Å². The lowest BCUT2D eigenvalue weighted by Crippen LogP contribution is -2.20. The summed E-state index contributed by atoms with van der Waals surface area (Å²) in [6.07, 6.45) is 2.54. The highest BCUT2D eigenvalue weighted by Crippen LogP contribution is 2.33. The van der Waals surface area contributed by atoms with Crippen molar-refractivity contribution in [3.63, 3.8) is 0 Å². The maximum Gasteiger partial charge on any atom is 0.281 e. The zero-order valence-electron chi connectivity index (χ0n) is 14.6. The van der Waals surface area contributed by atoms with Gasteiger partial charge in [-0.2, -0.15) is 4.99 Å². The van der Waals surface area contributed by atoms with Crippen molar-refractivity contribution in [1.82, 2.24) is 4.57 Å². The molecule has 3 rings (SSSR count). The number of nitrogens with zero attached hydrogens (tertiary/aromatic N) is 2. The van der Waals surface area contributed by atoms with E-state index in [1.807, 2.05) is 12.1 Å². The van der Waals surface area contributed by atoms with Gasteiger partial charge >= 0.3 is 0 Å². The molecule has 0 unspecified atom stereocenters. The van der Waals surface area contributed by atoms with Crippen LogP contribution < -0.4 is 4.80 Å². The van der Waals surface area contributed by atoms with E-state index in [9.17, 15) is 4.79 Å². The molecular weight excluding hydrogens is 340 g/mol. The molecule has 24 heavy (non-hydrogen) atoms. The second-order valence-electron chi connectivity index (χ2n) is 7.50. The number of carbonyl (C=O) groups excluding carboxylic acids is 1. The summed E-state index contributed by atoms with van der Waals surface area (Å²) in [5.41, 5.74) is 1.73. The van der Waals surface area contributed by atoms with Crippen molar-refractivity contribution in [2.75, 3.05) is 0 Å². The zero-order chi connectivity index (χ0) is 17.5. The van der Waals surface area contributed by atoms with Gasteiger partial charge in [0, 0.05) is 17.1 Å². The monoisotopic (exact) mass is 362 g/mol. The van der Waals surface area contributed by atoms with E-state index < -0.39 is 0 Å². The maximum absolute atomic E-state index is 12.6. The summed E-state index contributed by atoms with van der Waals surface area (Å²) in [4.78, 5) is 19.1. The molecule has 0 radical (unpaired) electrons. The lowest BCUT2D eigenvalue weighted by Gasteiger charge is -2.17. The molecule has 1 fully saturated rings. The van der Waals surface area contributed by atoms with Crippen molar-refractivity contribution in [3.8, 4) is 0 Å². The molecule has 1 aromatic heterocycles. The Labute approximate surface area is 152 Å². The Bertz CT molecular complexity index is 838. The molecule has 0 aliphatic heterocycles. The van der Waals surface area contributed by atoms with Gasteiger partial charge in [0.1, 0.15) is 0 Å². The van der Waals surface area contributed by atoms with Gasteiger partial charge in [0.2, 0.25) is 0 Å². The first-order chi connectivity index (χ1) is 11.3. The minimum Gasteiger partial charge on any atom is -0.320 e. The van der Waals surface area contributed by atoms with Crippen molar-refractivity contribution in [2.24, 2.45) is 10.9 Å². The van der Waals surface area contributed by atoms with Crippen LogP contribution in [0.1, 0.15) is 54.5 Å². The van der Waals surface area contributed by atoms with Crippen LogP contribution >= 0.6 is 22.9 Å². The van der Waals surface area contributed by atoms with Crippen LogP contribution in [0.2, 0.25) is 5.02 Å². The van der Waals surface area contributed by atoms with Crippen LogP contribution in [0.3, 0.4) is 0 Å². The van der Waals surface area contributed by atoms with E-state index in [2.05, 4.69) is 37.3 Å². The van der Waals surface area contributed by atoms with Crippen LogP contribution in [-0.4, -0.2) is 10.5 Å². The van der Waals surface area contributed by atoms with Crippen LogP contribution in [0.5, 0.6) is 0 Å². The molecule has 5 heteroatoms. The van der Waals surface area contributed by atoms with E-state index in [-0.39, 0.29) is 11.3 Å². The summed E-state index contributed by atoms with van der Waals surface area (Å²) in [5, 5.41) is 0.448. The third kappa shape index (κ3) is 3.65. The molecule has 1 saturated carbocycles. The molecule has 0 spiro atoms. The third-order valence-electron chi connectivity index (χ3n) is 4.28. The minimum absolute atomic E-state index is 0.0429. The summed E-state index contributed by atoms with van der Waals surface area (Å²) in [6, 6.07) is 7.08. The molecule has 3 nitrogen and oxygen atoms in total. The SMILES string of the molecule is Cc1c(C(C)(C)C)sc(=NC(=O)c2ccccc2Cl)n1CC1CC1. The molecular formula is C19H23ClN2OS. The fourth-order valence-corrected chi connectivity index (χ4v) is 4.23. The Kier molecular flexibility index (Phi) is 4.71. The summed E-state index contributed by atoms with van der Waals surface area (Å²) in [6.45, 7) is 9.69. The van der Waals surface area contributed by atoms with Crippen molar-refractivity contribution < 1.29 is 4.79 Å². The normalized spacial score (nSPS) is 15.8. The molecule has 128 valence electrons. The average molecular weight is 363 g/mol. The summed E-state index contributed by atoms with van der Waals surface area (Å²) in [7, 11) is 0. The van der Waals surface area contributed by atoms with Crippen LogP contribution in [0, 0.1) is 12.8 Å². The lowest BCUT2D eigenvalue weighted by atomic mass is 9.93. The van der Waals surface area contributed by atoms with Crippen molar-refractivity contribution >= 4 is 28.8 Å². The molecule has 0 bridgehead atoms. The number of amides is 1. The quantitative estimate of drug-likeness (QED) is 0.759. The van der Waals surface area contributed by atoms with Gasteiger partial charge in [-0.1, -0.05) is 44.5 Å². The first-order valence-corrected chi connectivity index (χ1v) is 9.51. The van der Waals surface area contributed by atoms with Crippen LogP contribution in [0.15, 0.2) is 29.3 Å². The molecule has 1 aliphatic rings. The molecule has 2 aromatic rings. The maximum atomic E-state index is 12.6. The molecule has 0 saturated heterocycles. The van der Waals surface area contributed by atoms with Gasteiger partial charge < -0.3 is 4.57 Å². The van der Waals surface area contributed by atoms with Crippen molar-refractivity contribution in [1.29, 1.82) is 0 Å². The fraction of sp³-hybridized carbons (Fsp3) is 0.474. The summed E-state index contributed by atoms with van der Waals surface area (Å²) in [5.74, 6) is 0.451. The van der Waals surface area contributed by atoms with Gasteiger partial charge in [-0.25, -0.2) is 0 Å². The molecule has 1 amide bonds. The smallest absolute Gasteiger partial charge is 0.281 e. The second kappa shape index (κ2) is 6.49. The van der Waals surface area contributed by atoms with E-state index in [1.165, 1.54) is 23.4 Å². The third-order valence-corrected chi connectivity index (χ3v) is 6.21. The van der Waals surface area contributed by atoms with E-state index in [1.54, 1.807) is 23.5 Å². The number of benzene rings is 1. The highest BCUT2D eigenvalue weighted by Gasteiger charge is 2.27. The highest BCUT2D eigenvalue weighted by atomic mass is 35.5. The van der Waals surface area contributed by atoms with E-state index in [0.29, 0.717) is 10.6 Å². The molecule has 1 heterocycles. The predicted octanol–water partition coefficient (Wildman–Crippen LogP) is 4.96. The minimum atomic E-state index is -0.271. The summed E-state index contributed by atoms with van der Waals surface area (Å²) < 4.78 is 2.22. The van der Waals surface area contributed by atoms with Gasteiger partial charge in [-0.15, -0.1) is 11.3 Å². The van der Waals surface area contributed by atoms with Crippen LogP contribution in [-0.2, 0) is 12.0 Å². The van der Waals surface area contributed by atoms with Gasteiger partial charge in [0.15, 0.2) is 4.80 Å². The zero-order valence-corrected chi connectivity index (χ0v) is 16.2. The molecule has 1 aliphatic carbocycles. The predicted molar refractivity (Wildman–Crippen MR) is 99.8 cm³/mol. The first kappa shape index (κ1) is 17.4. The van der Waals surface area contributed by atoms with Crippen molar-refractivity contribution in [3.05, 3.63) is 50.2 Å². The number of rotatable bonds is 3. The number of hydrogen-bond acceptors (Lipinski definition) is 2. The van der Waals surface area contributed by atoms with Gasteiger partial charge in [-0.3, -0.25) is 4.79 Å². The van der Waals surface area contributed by atoms with E-state index in [0.717, 1.165) is 17.3 Å².